The predicted molar refractivity (Wildman–Crippen MR) is 74.5 cm³/mol. The Labute approximate surface area is 122 Å². The fraction of sp³-hybridized carbons (Fsp3) is 0.357. The molecule has 2 rings (SSSR count). The third-order valence-corrected chi connectivity index (χ3v) is 2.91. The molecule has 0 saturated heterocycles. The number of nitrogens with zero attached hydrogens (tertiary/aromatic N) is 2. The van der Waals surface area contributed by atoms with Crippen molar-refractivity contribution in [3.8, 4) is 11.5 Å². The minimum absolute atomic E-state index is 0.294. The topological polar surface area (TPSA) is 86.5 Å². The molecule has 0 spiro atoms. The minimum atomic E-state index is -0.398. The number of aromatic nitrogens is 2. The Morgan fingerprint density at radius 3 is 2.67 bits per heavy atom. The van der Waals surface area contributed by atoms with E-state index in [-0.39, 0.29) is 5.91 Å². The molecule has 0 aliphatic carbocycles. The summed E-state index contributed by atoms with van der Waals surface area (Å²) in [5.74, 6) is 1.63. The smallest absolute Gasteiger partial charge is 0.255 e. The summed E-state index contributed by atoms with van der Waals surface area (Å²) in [6.45, 7) is 3.48. The molecule has 0 fully saturated rings. The number of carbonyl (C=O) groups excluding carboxylic acids is 1. The molecule has 0 unspecified atom stereocenters. The van der Waals surface area contributed by atoms with E-state index in [0.29, 0.717) is 28.8 Å². The van der Waals surface area contributed by atoms with Crippen LogP contribution in [0, 0.1) is 6.92 Å². The summed E-state index contributed by atoms with van der Waals surface area (Å²) in [5.41, 5.74) is 0.404. The molecule has 1 atom stereocenters. The van der Waals surface area contributed by atoms with Crippen molar-refractivity contribution in [2.24, 2.45) is 0 Å². The molecule has 0 aliphatic rings. The zero-order chi connectivity index (χ0) is 15.4. The maximum absolute atomic E-state index is 12.3. The van der Waals surface area contributed by atoms with E-state index in [1.165, 1.54) is 7.11 Å². The third kappa shape index (κ3) is 3.31. The molecule has 0 radical (unpaired) electrons. The molecular formula is C14H17N3O4. The lowest BCUT2D eigenvalue weighted by atomic mass is 10.1. The lowest BCUT2D eigenvalue weighted by Crippen LogP contribution is -2.27. The van der Waals surface area contributed by atoms with E-state index in [2.05, 4.69) is 15.5 Å². The predicted octanol–water partition coefficient (Wildman–Crippen LogP) is 1.89. The summed E-state index contributed by atoms with van der Waals surface area (Å²) in [6, 6.07) is 4.58. The van der Waals surface area contributed by atoms with E-state index in [1.54, 1.807) is 39.2 Å². The molecule has 1 aromatic carbocycles. The van der Waals surface area contributed by atoms with Crippen LogP contribution < -0.4 is 14.8 Å². The van der Waals surface area contributed by atoms with E-state index < -0.39 is 6.04 Å². The molecule has 1 N–H and O–H groups in total. The number of aryl methyl sites for hydroxylation is 1. The van der Waals surface area contributed by atoms with Crippen LogP contribution in [-0.2, 0) is 0 Å². The van der Waals surface area contributed by atoms with Crippen LogP contribution in [0.25, 0.3) is 0 Å². The molecule has 2 aromatic rings. The summed E-state index contributed by atoms with van der Waals surface area (Å²) in [4.78, 5) is 16.4. The van der Waals surface area contributed by atoms with Gasteiger partial charge >= 0.3 is 0 Å². The first-order valence-electron chi connectivity index (χ1n) is 6.38. The number of ether oxygens (including phenoxy) is 2. The second-order valence-corrected chi connectivity index (χ2v) is 4.44. The monoisotopic (exact) mass is 291 g/mol. The molecule has 112 valence electrons. The van der Waals surface area contributed by atoms with Crippen molar-refractivity contribution in [3.63, 3.8) is 0 Å². The average Bonchev–Trinajstić information content (AvgIpc) is 2.93. The Hall–Kier alpha value is -2.57. The largest absolute Gasteiger partial charge is 0.497 e. The van der Waals surface area contributed by atoms with Crippen molar-refractivity contribution in [3.05, 3.63) is 35.5 Å². The molecule has 7 nitrogen and oxygen atoms in total. The first-order chi connectivity index (χ1) is 10.0. The Balaban J connectivity index is 2.16. The fourth-order valence-electron chi connectivity index (χ4n) is 1.81. The molecule has 0 bridgehead atoms. The second-order valence-electron chi connectivity index (χ2n) is 4.44. The molecule has 1 heterocycles. The van der Waals surface area contributed by atoms with Gasteiger partial charge in [0.15, 0.2) is 5.82 Å². The summed E-state index contributed by atoms with van der Waals surface area (Å²) >= 11 is 0. The Kier molecular flexibility index (Phi) is 4.42. The second kappa shape index (κ2) is 6.25. The van der Waals surface area contributed by atoms with Gasteiger partial charge in [-0.25, -0.2) is 0 Å². The lowest BCUT2D eigenvalue weighted by molar-refractivity contribution is 0.0929. The number of hydrogen-bond acceptors (Lipinski definition) is 6. The Morgan fingerprint density at radius 1 is 1.33 bits per heavy atom. The number of amides is 1. The van der Waals surface area contributed by atoms with Gasteiger partial charge in [-0.1, -0.05) is 5.16 Å². The van der Waals surface area contributed by atoms with E-state index >= 15 is 0 Å². The fourth-order valence-corrected chi connectivity index (χ4v) is 1.81. The van der Waals surface area contributed by atoms with E-state index in [4.69, 9.17) is 14.0 Å². The number of carbonyl (C=O) groups is 1. The highest BCUT2D eigenvalue weighted by Crippen LogP contribution is 2.25. The Bertz CT molecular complexity index is 639. The number of methoxy groups -OCH3 is 2. The number of benzene rings is 1. The van der Waals surface area contributed by atoms with Crippen LogP contribution >= 0.6 is 0 Å². The summed E-state index contributed by atoms with van der Waals surface area (Å²) in [7, 11) is 3.05. The van der Waals surface area contributed by atoms with Gasteiger partial charge in [-0.15, -0.1) is 0 Å². The van der Waals surface area contributed by atoms with Gasteiger partial charge in [0.2, 0.25) is 5.89 Å². The van der Waals surface area contributed by atoms with E-state index in [0.717, 1.165) is 0 Å². The van der Waals surface area contributed by atoms with E-state index in [1.807, 2.05) is 0 Å². The SMILES string of the molecule is COc1ccc(C(=O)N[C@H](C)c2nc(C)no2)c(OC)c1. The highest BCUT2D eigenvalue weighted by molar-refractivity contribution is 5.97. The van der Waals surface area contributed by atoms with Gasteiger partial charge in [-0.3, -0.25) is 4.79 Å². The highest BCUT2D eigenvalue weighted by Gasteiger charge is 2.19. The van der Waals surface area contributed by atoms with Gasteiger partial charge in [0.05, 0.1) is 19.8 Å². The van der Waals surface area contributed by atoms with Gasteiger partial charge in [0, 0.05) is 6.07 Å². The minimum Gasteiger partial charge on any atom is -0.497 e. The Morgan fingerprint density at radius 2 is 2.10 bits per heavy atom. The van der Waals surface area contributed by atoms with Crippen LogP contribution in [-0.4, -0.2) is 30.3 Å². The number of nitrogens with one attached hydrogen (secondary N) is 1. The molecule has 0 saturated carbocycles. The van der Waals surface area contributed by atoms with Crippen LogP contribution in [0.15, 0.2) is 22.7 Å². The average molecular weight is 291 g/mol. The van der Waals surface area contributed by atoms with Gasteiger partial charge in [0.1, 0.15) is 17.5 Å². The van der Waals surface area contributed by atoms with Crippen molar-refractivity contribution in [2.75, 3.05) is 14.2 Å². The van der Waals surface area contributed by atoms with Crippen LogP contribution in [0.4, 0.5) is 0 Å². The molecular weight excluding hydrogens is 274 g/mol. The number of hydrogen-bond donors (Lipinski definition) is 1. The summed E-state index contributed by atoms with van der Waals surface area (Å²) in [5, 5.41) is 6.48. The lowest BCUT2D eigenvalue weighted by Gasteiger charge is -2.13. The first kappa shape index (κ1) is 14.8. The van der Waals surface area contributed by atoms with Crippen LogP contribution in [0.2, 0.25) is 0 Å². The van der Waals surface area contributed by atoms with E-state index in [9.17, 15) is 4.79 Å². The van der Waals surface area contributed by atoms with Gasteiger partial charge in [-0.2, -0.15) is 4.98 Å². The van der Waals surface area contributed by atoms with Crippen molar-refractivity contribution in [1.29, 1.82) is 0 Å². The third-order valence-electron chi connectivity index (χ3n) is 2.91. The van der Waals surface area contributed by atoms with Gasteiger partial charge in [-0.05, 0) is 26.0 Å². The quantitative estimate of drug-likeness (QED) is 0.905. The van der Waals surface area contributed by atoms with Crippen molar-refractivity contribution in [1.82, 2.24) is 15.5 Å². The summed E-state index contributed by atoms with van der Waals surface area (Å²) < 4.78 is 15.3. The van der Waals surface area contributed by atoms with Crippen LogP contribution in [0.5, 0.6) is 11.5 Å². The van der Waals surface area contributed by atoms with Crippen molar-refractivity contribution < 1.29 is 18.8 Å². The van der Waals surface area contributed by atoms with Crippen molar-refractivity contribution in [2.45, 2.75) is 19.9 Å². The zero-order valence-corrected chi connectivity index (χ0v) is 12.3. The molecule has 7 heteroatoms. The maximum Gasteiger partial charge on any atom is 0.255 e. The van der Waals surface area contributed by atoms with Crippen LogP contribution in [0.1, 0.15) is 35.0 Å². The highest BCUT2D eigenvalue weighted by atomic mass is 16.5. The van der Waals surface area contributed by atoms with Crippen molar-refractivity contribution >= 4 is 5.91 Å². The number of rotatable bonds is 5. The van der Waals surface area contributed by atoms with Gasteiger partial charge < -0.3 is 19.3 Å². The standard InChI is InChI=1S/C14H17N3O4/c1-8(14-16-9(2)17-21-14)15-13(18)11-6-5-10(19-3)7-12(11)20-4/h5-8H,1-4H3,(H,15,18)/t8-/m1/s1. The normalized spacial score (nSPS) is 11.8. The first-order valence-corrected chi connectivity index (χ1v) is 6.38. The maximum atomic E-state index is 12.3. The summed E-state index contributed by atoms with van der Waals surface area (Å²) in [6.07, 6.45) is 0. The zero-order valence-electron chi connectivity index (χ0n) is 12.3. The molecule has 1 amide bonds. The van der Waals surface area contributed by atoms with Gasteiger partial charge in [0.25, 0.3) is 5.91 Å². The molecule has 1 aromatic heterocycles. The molecule has 0 aliphatic heterocycles. The van der Waals surface area contributed by atoms with Crippen LogP contribution in [0.3, 0.4) is 0 Å². The molecule has 21 heavy (non-hydrogen) atoms.